The summed E-state index contributed by atoms with van der Waals surface area (Å²) < 4.78 is 7.94. The average Bonchev–Trinajstić information content (AvgIpc) is 2.52. The second kappa shape index (κ2) is 8.59. The number of hydrogen-bond donors (Lipinski definition) is 1. The summed E-state index contributed by atoms with van der Waals surface area (Å²) in [5.74, 6) is 0.923. The quantitative estimate of drug-likeness (QED) is 0.571. The molecule has 2 aromatic carbocycles. The maximum Gasteiger partial charge on any atom is 0.138 e. The van der Waals surface area contributed by atoms with Gasteiger partial charge in [0.2, 0.25) is 0 Å². The van der Waals surface area contributed by atoms with Crippen LogP contribution >= 0.6 is 31.9 Å². The topological polar surface area (TPSA) is 21.3 Å². The summed E-state index contributed by atoms with van der Waals surface area (Å²) in [5.41, 5.74) is 3.65. The highest BCUT2D eigenvalue weighted by atomic mass is 79.9. The Bertz CT molecular complexity index is 628. The monoisotopic (exact) mass is 425 g/mol. The van der Waals surface area contributed by atoms with Crippen LogP contribution in [-0.2, 0) is 13.0 Å². The smallest absolute Gasteiger partial charge is 0.138 e. The molecule has 0 aliphatic rings. The fourth-order valence-electron chi connectivity index (χ4n) is 2.30. The molecule has 22 heavy (non-hydrogen) atoms. The van der Waals surface area contributed by atoms with Gasteiger partial charge in [0.1, 0.15) is 5.75 Å². The first-order valence-corrected chi connectivity index (χ1v) is 9.16. The summed E-state index contributed by atoms with van der Waals surface area (Å²) in [6.07, 6.45) is 2.01. The molecule has 118 valence electrons. The summed E-state index contributed by atoms with van der Waals surface area (Å²) in [6.45, 7) is 5.74. The van der Waals surface area contributed by atoms with Crippen LogP contribution in [0.25, 0.3) is 0 Å². The number of benzene rings is 2. The van der Waals surface area contributed by atoms with Gasteiger partial charge < -0.3 is 10.1 Å². The van der Waals surface area contributed by atoms with Crippen molar-refractivity contribution in [1.82, 2.24) is 0 Å². The molecular weight excluding hydrogens is 406 g/mol. The number of halogens is 2. The Morgan fingerprint density at radius 3 is 2.55 bits per heavy atom. The van der Waals surface area contributed by atoms with Gasteiger partial charge in [-0.15, -0.1) is 0 Å². The zero-order chi connectivity index (χ0) is 15.9. The molecule has 0 bridgehead atoms. The van der Waals surface area contributed by atoms with Crippen LogP contribution < -0.4 is 10.1 Å². The molecule has 0 heterocycles. The third-order valence-corrected chi connectivity index (χ3v) is 4.45. The van der Waals surface area contributed by atoms with Crippen LogP contribution in [0, 0.1) is 0 Å². The first kappa shape index (κ1) is 17.4. The minimum absolute atomic E-state index is 0.721. The van der Waals surface area contributed by atoms with Crippen molar-refractivity contribution in [3.05, 3.63) is 56.5 Å². The van der Waals surface area contributed by atoms with Crippen LogP contribution in [0.3, 0.4) is 0 Å². The second-order valence-electron chi connectivity index (χ2n) is 5.09. The summed E-state index contributed by atoms with van der Waals surface area (Å²) in [5, 5.41) is 3.53. The predicted octanol–water partition coefficient (Wildman–Crippen LogP) is 6.17. The van der Waals surface area contributed by atoms with E-state index in [0.717, 1.165) is 46.3 Å². The number of para-hydroxylation sites is 1. The Balaban J connectivity index is 2.21. The molecule has 1 N–H and O–H groups in total. The Labute approximate surface area is 149 Å². The highest BCUT2D eigenvalue weighted by Gasteiger charge is 2.11. The standard InChI is InChI=1S/C18H21Br2NO/c1-3-9-22-18-14(10-15(19)11-16(18)20)12-21-17-8-6-5-7-13(17)4-2/h5-8,10-11,21H,3-4,9,12H2,1-2H3. The molecule has 2 rings (SSSR count). The van der Waals surface area contributed by atoms with E-state index in [-0.39, 0.29) is 0 Å². The molecule has 0 aliphatic heterocycles. The van der Waals surface area contributed by atoms with E-state index in [1.807, 2.05) is 6.07 Å². The summed E-state index contributed by atoms with van der Waals surface area (Å²) >= 11 is 7.16. The van der Waals surface area contributed by atoms with Crippen molar-refractivity contribution in [2.75, 3.05) is 11.9 Å². The van der Waals surface area contributed by atoms with Gasteiger partial charge in [-0.05, 0) is 52.5 Å². The van der Waals surface area contributed by atoms with Gasteiger partial charge in [-0.25, -0.2) is 0 Å². The van der Waals surface area contributed by atoms with Crippen molar-refractivity contribution in [2.45, 2.75) is 33.2 Å². The number of anilines is 1. The Morgan fingerprint density at radius 1 is 1.05 bits per heavy atom. The molecule has 0 aliphatic carbocycles. The van der Waals surface area contributed by atoms with E-state index in [2.05, 4.69) is 81.4 Å². The number of nitrogens with one attached hydrogen (secondary N) is 1. The van der Waals surface area contributed by atoms with Crippen molar-refractivity contribution < 1.29 is 4.74 Å². The van der Waals surface area contributed by atoms with Crippen LogP contribution in [-0.4, -0.2) is 6.61 Å². The summed E-state index contributed by atoms with van der Waals surface area (Å²) in [6, 6.07) is 12.6. The molecule has 0 amide bonds. The third kappa shape index (κ3) is 4.50. The maximum atomic E-state index is 5.91. The first-order valence-electron chi connectivity index (χ1n) is 7.58. The van der Waals surface area contributed by atoms with Crippen LogP contribution in [0.2, 0.25) is 0 Å². The Morgan fingerprint density at radius 2 is 1.82 bits per heavy atom. The molecule has 0 atom stereocenters. The average molecular weight is 427 g/mol. The Hall–Kier alpha value is -1.00. The van der Waals surface area contributed by atoms with Crippen molar-refractivity contribution in [2.24, 2.45) is 0 Å². The minimum atomic E-state index is 0.721. The second-order valence-corrected chi connectivity index (χ2v) is 6.86. The van der Waals surface area contributed by atoms with E-state index in [1.165, 1.54) is 11.3 Å². The highest BCUT2D eigenvalue weighted by Crippen LogP contribution is 2.33. The van der Waals surface area contributed by atoms with Crippen molar-refractivity contribution in [3.8, 4) is 5.75 Å². The van der Waals surface area contributed by atoms with E-state index in [1.54, 1.807) is 0 Å². The normalized spacial score (nSPS) is 10.5. The number of aryl methyl sites for hydroxylation is 1. The first-order chi connectivity index (χ1) is 10.7. The van der Waals surface area contributed by atoms with E-state index in [0.29, 0.717) is 0 Å². The zero-order valence-electron chi connectivity index (χ0n) is 13.0. The molecule has 0 fully saturated rings. The minimum Gasteiger partial charge on any atom is -0.492 e. The molecule has 0 saturated heterocycles. The lowest BCUT2D eigenvalue weighted by atomic mass is 10.1. The van der Waals surface area contributed by atoms with Gasteiger partial charge in [-0.1, -0.05) is 48.0 Å². The fourth-order valence-corrected chi connectivity index (χ4v) is 3.73. The van der Waals surface area contributed by atoms with Crippen molar-refractivity contribution in [1.29, 1.82) is 0 Å². The van der Waals surface area contributed by atoms with Gasteiger partial charge >= 0.3 is 0 Å². The lowest BCUT2D eigenvalue weighted by Crippen LogP contribution is -2.06. The molecule has 4 heteroatoms. The maximum absolute atomic E-state index is 5.91. The van der Waals surface area contributed by atoms with Crippen LogP contribution in [0.15, 0.2) is 45.3 Å². The van der Waals surface area contributed by atoms with Crippen molar-refractivity contribution >= 4 is 37.5 Å². The number of rotatable bonds is 7. The molecule has 2 aromatic rings. The molecular formula is C18H21Br2NO. The number of hydrogen-bond acceptors (Lipinski definition) is 2. The van der Waals surface area contributed by atoms with Gasteiger partial charge in [-0.2, -0.15) is 0 Å². The number of ether oxygens (including phenoxy) is 1. The van der Waals surface area contributed by atoms with Crippen LogP contribution in [0.4, 0.5) is 5.69 Å². The van der Waals surface area contributed by atoms with Crippen LogP contribution in [0.5, 0.6) is 5.75 Å². The summed E-state index contributed by atoms with van der Waals surface area (Å²) in [4.78, 5) is 0. The lowest BCUT2D eigenvalue weighted by molar-refractivity contribution is 0.312. The van der Waals surface area contributed by atoms with E-state index in [9.17, 15) is 0 Å². The lowest BCUT2D eigenvalue weighted by Gasteiger charge is -2.16. The SMILES string of the molecule is CCCOc1c(Br)cc(Br)cc1CNc1ccccc1CC. The zero-order valence-corrected chi connectivity index (χ0v) is 16.1. The van der Waals surface area contributed by atoms with Gasteiger partial charge in [-0.3, -0.25) is 0 Å². The molecule has 2 nitrogen and oxygen atoms in total. The van der Waals surface area contributed by atoms with E-state index in [4.69, 9.17) is 4.74 Å². The fraction of sp³-hybridized carbons (Fsp3) is 0.333. The molecule has 0 unspecified atom stereocenters. The third-order valence-electron chi connectivity index (χ3n) is 3.40. The van der Waals surface area contributed by atoms with Crippen LogP contribution in [0.1, 0.15) is 31.4 Å². The molecule has 0 radical (unpaired) electrons. The van der Waals surface area contributed by atoms with E-state index < -0.39 is 0 Å². The molecule has 0 aromatic heterocycles. The van der Waals surface area contributed by atoms with Gasteiger partial charge in [0.05, 0.1) is 11.1 Å². The largest absolute Gasteiger partial charge is 0.492 e. The molecule has 0 spiro atoms. The highest BCUT2D eigenvalue weighted by molar-refractivity contribution is 9.11. The van der Waals surface area contributed by atoms with Gasteiger partial charge in [0.15, 0.2) is 0 Å². The Kier molecular flexibility index (Phi) is 6.77. The van der Waals surface area contributed by atoms with Crippen molar-refractivity contribution in [3.63, 3.8) is 0 Å². The van der Waals surface area contributed by atoms with Gasteiger partial charge in [0, 0.05) is 22.3 Å². The predicted molar refractivity (Wildman–Crippen MR) is 101 cm³/mol. The molecule has 0 saturated carbocycles. The van der Waals surface area contributed by atoms with E-state index >= 15 is 0 Å². The van der Waals surface area contributed by atoms with Gasteiger partial charge in [0.25, 0.3) is 0 Å². The summed E-state index contributed by atoms with van der Waals surface area (Å²) in [7, 11) is 0.